The summed E-state index contributed by atoms with van der Waals surface area (Å²) in [5.74, 6) is 0.269. The molecule has 0 bridgehead atoms. The molecule has 0 aliphatic rings. The highest BCUT2D eigenvalue weighted by Crippen LogP contribution is 2.22. The Morgan fingerprint density at radius 1 is 1.18 bits per heavy atom. The highest BCUT2D eigenvalue weighted by Gasteiger charge is 2.16. The number of hydrogen-bond acceptors (Lipinski definition) is 5. The van der Waals surface area contributed by atoms with Crippen LogP contribution in [0.1, 0.15) is 17.9 Å². The van der Waals surface area contributed by atoms with Gasteiger partial charge in [-0.15, -0.1) is 0 Å². The molecular weight excluding hydrogens is 302 g/mol. The fourth-order valence-electron chi connectivity index (χ4n) is 2.24. The summed E-state index contributed by atoms with van der Waals surface area (Å²) in [6.45, 7) is 0.496. The zero-order valence-electron chi connectivity index (χ0n) is 12.0. The molecule has 2 rings (SSSR count). The summed E-state index contributed by atoms with van der Waals surface area (Å²) < 4.78 is 23.1. The van der Waals surface area contributed by atoms with E-state index in [1.807, 2.05) is 30.3 Å². The zero-order chi connectivity index (χ0) is 16.0. The number of primary sulfonamides is 1. The molecule has 118 valence electrons. The monoisotopic (exact) mass is 321 g/mol. The van der Waals surface area contributed by atoms with Gasteiger partial charge in [0.05, 0.1) is 0 Å². The van der Waals surface area contributed by atoms with Gasteiger partial charge in [0.1, 0.15) is 10.7 Å². The second-order valence-corrected chi connectivity index (χ2v) is 6.43. The first-order chi connectivity index (χ1) is 10.5. The third kappa shape index (κ3) is 4.27. The summed E-state index contributed by atoms with van der Waals surface area (Å²) >= 11 is 0. The molecule has 0 spiro atoms. The van der Waals surface area contributed by atoms with Gasteiger partial charge >= 0.3 is 0 Å². The first-order valence-electron chi connectivity index (χ1n) is 6.90. The van der Waals surface area contributed by atoms with E-state index in [1.165, 1.54) is 18.3 Å². The van der Waals surface area contributed by atoms with Crippen molar-refractivity contribution >= 4 is 15.8 Å². The molecule has 0 fully saturated rings. The fraction of sp³-hybridized carbons (Fsp3) is 0.267. The van der Waals surface area contributed by atoms with Crippen LogP contribution in [0.15, 0.2) is 53.6 Å². The van der Waals surface area contributed by atoms with E-state index in [4.69, 9.17) is 5.14 Å². The van der Waals surface area contributed by atoms with Crippen molar-refractivity contribution in [1.82, 2.24) is 4.98 Å². The number of benzene rings is 1. The molecule has 1 aromatic heterocycles. The number of anilines is 1. The predicted octanol–water partition coefficient (Wildman–Crippen LogP) is 1.31. The summed E-state index contributed by atoms with van der Waals surface area (Å²) in [5, 5.41) is 17.4. The zero-order valence-corrected chi connectivity index (χ0v) is 12.8. The van der Waals surface area contributed by atoms with Crippen molar-refractivity contribution in [3.8, 4) is 0 Å². The van der Waals surface area contributed by atoms with Crippen LogP contribution in [-0.2, 0) is 10.0 Å². The molecule has 4 N–H and O–H groups in total. The van der Waals surface area contributed by atoms with E-state index in [-0.39, 0.29) is 23.2 Å². The minimum absolute atomic E-state index is 0.0363. The number of aliphatic hydroxyl groups is 1. The van der Waals surface area contributed by atoms with Crippen LogP contribution in [0.25, 0.3) is 0 Å². The quantitative estimate of drug-likeness (QED) is 0.713. The summed E-state index contributed by atoms with van der Waals surface area (Å²) in [5.41, 5.74) is 1.07. The van der Waals surface area contributed by atoms with Gasteiger partial charge in [-0.2, -0.15) is 0 Å². The van der Waals surface area contributed by atoms with E-state index in [2.05, 4.69) is 10.3 Å². The Morgan fingerprint density at radius 2 is 1.91 bits per heavy atom. The van der Waals surface area contributed by atoms with Crippen LogP contribution >= 0.6 is 0 Å². The largest absolute Gasteiger partial charge is 0.396 e. The Balaban J connectivity index is 2.17. The molecule has 0 aliphatic heterocycles. The average Bonchev–Trinajstić information content (AvgIpc) is 2.51. The van der Waals surface area contributed by atoms with Gasteiger partial charge in [0, 0.05) is 25.3 Å². The molecule has 7 heteroatoms. The molecule has 22 heavy (non-hydrogen) atoms. The Bertz CT molecular complexity index is 705. The van der Waals surface area contributed by atoms with E-state index in [0.717, 1.165) is 5.56 Å². The number of hydrogen-bond donors (Lipinski definition) is 3. The number of aromatic nitrogens is 1. The van der Waals surface area contributed by atoms with E-state index < -0.39 is 10.0 Å². The minimum atomic E-state index is -3.83. The molecule has 0 radical (unpaired) electrons. The SMILES string of the molecule is NS(=O)(=O)c1cccnc1NCC(CCO)c1ccccc1. The van der Waals surface area contributed by atoms with Gasteiger partial charge in [-0.1, -0.05) is 30.3 Å². The number of aliphatic hydroxyl groups excluding tert-OH is 1. The van der Waals surface area contributed by atoms with E-state index in [0.29, 0.717) is 13.0 Å². The normalized spacial score (nSPS) is 12.8. The first kappa shape index (κ1) is 16.4. The highest BCUT2D eigenvalue weighted by molar-refractivity contribution is 7.89. The van der Waals surface area contributed by atoms with Gasteiger partial charge in [0.2, 0.25) is 10.0 Å². The van der Waals surface area contributed by atoms with Crippen LogP contribution in [0.2, 0.25) is 0 Å². The van der Waals surface area contributed by atoms with Crippen LogP contribution in [-0.4, -0.2) is 31.7 Å². The number of nitrogens with two attached hydrogens (primary N) is 1. The van der Waals surface area contributed by atoms with Crippen LogP contribution in [0.3, 0.4) is 0 Å². The number of pyridine rings is 1. The summed E-state index contributed by atoms with van der Waals surface area (Å²) in [7, 11) is -3.83. The Kier molecular flexibility index (Phi) is 5.48. The topological polar surface area (TPSA) is 105 Å². The lowest BCUT2D eigenvalue weighted by atomic mass is 9.96. The molecular formula is C15H19N3O3S. The number of sulfonamides is 1. The first-order valence-corrected chi connectivity index (χ1v) is 8.44. The predicted molar refractivity (Wildman–Crippen MR) is 85.0 cm³/mol. The van der Waals surface area contributed by atoms with Gasteiger partial charge in [-0.3, -0.25) is 0 Å². The van der Waals surface area contributed by atoms with E-state index >= 15 is 0 Å². The summed E-state index contributed by atoms with van der Waals surface area (Å²) in [6.07, 6.45) is 2.06. The molecule has 1 unspecified atom stereocenters. The van der Waals surface area contributed by atoms with Crippen LogP contribution in [0.5, 0.6) is 0 Å². The van der Waals surface area contributed by atoms with Crippen molar-refractivity contribution < 1.29 is 13.5 Å². The Hall–Kier alpha value is -1.96. The summed E-state index contributed by atoms with van der Waals surface area (Å²) in [4.78, 5) is 4.00. The maximum Gasteiger partial charge on any atom is 0.241 e. The van der Waals surface area contributed by atoms with Crippen molar-refractivity contribution in [2.45, 2.75) is 17.2 Å². The molecule has 0 aliphatic carbocycles. The Morgan fingerprint density at radius 3 is 2.55 bits per heavy atom. The van der Waals surface area contributed by atoms with Crippen molar-refractivity contribution in [2.24, 2.45) is 5.14 Å². The lowest BCUT2D eigenvalue weighted by Crippen LogP contribution is -2.19. The minimum Gasteiger partial charge on any atom is -0.396 e. The van der Waals surface area contributed by atoms with E-state index in [9.17, 15) is 13.5 Å². The highest BCUT2D eigenvalue weighted by atomic mass is 32.2. The van der Waals surface area contributed by atoms with Crippen molar-refractivity contribution in [3.63, 3.8) is 0 Å². The molecule has 0 amide bonds. The lowest BCUT2D eigenvalue weighted by molar-refractivity contribution is 0.277. The number of nitrogens with one attached hydrogen (secondary N) is 1. The number of nitrogens with zero attached hydrogens (tertiary/aromatic N) is 1. The van der Waals surface area contributed by atoms with Crippen molar-refractivity contribution in [2.75, 3.05) is 18.5 Å². The molecule has 2 aromatic rings. The maximum atomic E-state index is 11.6. The van der Waals surface area contributed by atoms with Crippen LogP contribution < -0.4 is 10.5 Å². The molecule has 1 aromatic carbocycles. The van der Waals surface area contributed by atoms with Crippen LogP contribution in [0, 0.1) is 0 Å². The summed E-state index contributed by atoms with van der Waals surface area (Å²) in [6, 6.07) is 12.7. The Labute approximate surface area is 130 Å². The van der Waals surface area contributed by atoms with Gasteiger partial charge in [-0.05, 0) is 24.1 Å². The molecule has 1 atom stereocenters. The lowest BCUT2D eigenvalue weighted by Gasteiger charge is -2.18. The third-order valence-electron chi connectivity index (χ3n) is 3.34. The van der Waals surface area contributed by atoms with Crippen molar-refractivity contribution in [1.29, 1.82) is 0 Å². The molecule has 6 nitrogen and oxygen atoms in total. The van der Waals surface area contributed by atoms with Crippen LogP contribution in [0.4, 0.5) is 5.82 Å². The third-order valence-corrected chi connectivity index (χ3v) is 4.28. The standard InChI is InChI=1S/C15H19N3O3S/c16-22(20,21)14-7-4-9-17-15(14)18-11-13(8-10-19)12-5-2-1-3-6-12/h1-7,9,13,19H,8,10-11H2,(H,17,18)(H2,16,20,21). The van der Waals surface area contributed by atoms with Gasteiger partial charge in [-0.25, -0.2) is 18.5 Å². The molecule has 1 heterocycles. The van der Waals surface area contributed by atoms with Crippen molar-refractivity contribution in [3.05, 3.63) is 54.2 Å². The molecule has 0 saturated carbocycles. The van der Waals surface area contributed by atoms with E-state index in [1.54, 1.807) is 0 Å². The average molecular weight is 321 g/mol. The second kappa shape index (κ2) is 7.35. The fourth-order valence-corrected chi connectivity index (χ4v) is 2.90. The van der Waals surface area contributed by atoms with Gasteiger partial charge in [0.25, 0.3) is 0 Å². The smallest absolute Gasteiger partial charge is 0.241 e. The molecule has 0 saturated heterocycles. The second-order valence-electron chi connectivity index (χ2n) is 4.90. The van der Waals surface area contributed by atoms with Gasteiger partial charge < -0.3 is 10.4 Å². The number of rotatable bonds is 7. The maximum absolute atomic E-state index is 11.6. The van der Waals surface area contributed by atoms with Gasteiger partial charge in [0.15, 0.2) is 0 Å².